The van der Waals surface area contributed by atoms with Crippen LogP contribution in [-0.2, 0) is 4.74 Å². The zero-order chi connectivity index (χ0) is 14.5. The van der Waals surface area contributed by atoms with E-state index in [1.54, 1.807) is 18.3 Å². The topological polar surface area (TPSA) is 71.5 Å². The van der Waals surface area contributed by atoms with Crippen LogP contribution in [-0.4, -0.2) is 35.8 Å². The van der Waals surface area contributed by atoms with Crippen molar-refractivity contribution in [2.45, 2.75) is 33.2 Å². The standard InChI is InChI=1S/C14H22N2O3/c1-14(2,3)11(7-9-17)16-12-10(13(18)19-4)6-5-8-15-12/h5-6,8,11,17H,7,9H2,1-4H3,(H,15,16). The summed E-state index contributed by atoms with van der Waals surface area (Å²) in [5.74, 6) is 0.0648. The second-order valence-electron chi connectivity index (χ2n) is 5.47. The molecule has 0 radical (unpaired) electrons. The van der Waals surface area contributed by atoms with Crippen molar-refractivity contribution >= 4 is 11.8 Å². The maximum absolute atomic E-state index is 11.7. The lowest BCUT2D eigenvalue weighted by Crippen LogP contribution is -2.35. The average Bonchev–Trinajstić information content (AvgIpc) is 2.37. The van der Waals surface area contributed by atoms with Gasteiger partial charge in [-0.3, -0.25) is 0 Å². The van der Waals surface area contributed by atoms with Gasteiger partial charge in [0.2, 0.25) is 0 Å². The molecule has 0 amide bonds. The molecule has 5 heteroatoms. The van der Waals surface area contributed by atoms with Gasteiger partial charge in [0, 0.05) is 18.8 Å². The molecular formula is C14H22N2O3. The minimum atomic E-state index is -0.424. The van der Waals surface area contributed by atoms with Gasteiger partial charge in [0.1, 0.15) is 11.4 Å². The number of nitrogens with zero attached hydrogens (tertiary/aromatic N) is 1. The summed E-state index contributed by atoms with van der Waals surface area (Å²) in [7, 11) is 1.34. The summed E-state index contributed by atoms with van der Waals surface area (Å²) in [6, 6.07) is 3.37. The number of esters is 1. The third-order valence-corrected chi connectivity index (χ3v) is 2.99. The van der Waals surface area contributed by atoms with E-state index in [0.29, 0.717) is 17.8 Å². The molecule has 0 fully saturated rings. The summed E-state index contributed by atoms with van der Waals surface area (Å²) >= 11 is 0. The normalized spacial score (nSPS) is 12.9. The Morgan fingerprint density at radius 1 is 1.53 bits per heavy atom. The van der Waals surface area contributed by atoms with Crippen LogP contribution in [0.15, 0.2) is 18.3 Å². The summed E-state index contributed by atoms with van der Waals surface area (Å²) in [6.07, 6.45) is 2.20. The van der Waals surface area contributed by atoms with E-state index in [-0.39, 0.29) is 18.1 Å². The van der Waals surface area contributed by atoms with E-state index in [4.69, 9.17) is 9.84 Å². The molecule has 1 atom stereocenters. The molecule has 0 aliphatic heterocycles. The number of aliphatic hydroxyl groups excluding tert-OH is 1. The molecule has 5 nitrogen and oxygen atoms in total. The number of hydrogen-bond acceptors (Lipinski definition) is 5. The molecule has 1 unspecified atom stereocenters. The number of carbonyl (C=O) groups is 1. The van der Waals surface area contributed by atoms with Crippen LogP contribution in [0.2, 0.25) is 0 Å². The Bertz CT molecular complexity index is 427. The van der Waals surface area contributed by atoms with Crippen LogP contribution in [0.4, 0.5) is 5.82 Å². The molecule has 0 saturated carbocycles. The fraction of sp³-hybridized carbons (Fsp3) is 0.571. The van der Waals surface area contributed by atoms with Crippen molar-refractivity contribution < 1.29 is 14.6 Å². The molecule has 0 saturated heterocycles. The van der Waals surface area contributed by atoms with Crippen molar-refractivity contribution in [3.05, 3.63) is 23.9 Å². The Balaban J connectivity index is 3.00. The first-order valence-electron chi connectivity index (χ1n) is 6.31. The Hall–Kier alpha value is -1.62. The molecular weight excluding hydrogens is 244 g/mol. The second-order valence-corrected chi connectivity index (χ2v) is 5.47. The minimum absolute atomic E-state index is 0.0100. The smallest absolute Gasteiger partial charge is 0.341 e. The molecule has 1 aromatic rings. The van der Waals surface area contributed by atoms with Gasteiger partial charge in [-0.2, -0.15) is 0 Å². The first-order chi connectivity index (χ1) is 8.90. The van der Waals surface area contributed by atoms with Crippen LogP contribution in [0, 0.1) is 5.41 Å². The monoisotopic (exact) mass is 266 g/mol. The zero-order valence-electron chi connectivity index (χ0n) is 11.9. The molecule has 0 aliphatic carbocycles. The number of carbonyl (C=O) groups excluding carboxylic acids is 1. The van der Waals surface area contributed by atoms with E-state index in [0.717, 1.165) is 0 Å². The molecule has 0 aliphatic rings. The van der Waals surface area contributed by atoms with Crippen molar-refractivity contribution in [2.24, 2.45) is 5.41 Å². The van der Waals surface area contributed by atoms with Crippen LogP contribution < -0.4 is 5.32 Å². The number of pyridine rings is 1. The number of ether oxygens (including phenoxy) is 1. The molecule has 19 heavy (non-hydrogen) atoms. The van der Waals surface area contributed by atoms with Crippen molar-refractivity contribution in [1.29, 1.82) is 0 Å². The average molecular weight is 266 g/mol. The van der Waals surface area contributed by atoms with Crippen molar-refractivity contribution in [3.63, 3.8) is 0 Å². The lowest BCUT2D eigenvalue weighted by molar-refractivity contribution is 0.0601. The third kappa shape index (κ3) is 4.21. The zero-order valence-corrected chi connectivity index (χ0v) is 11.9. The number of aliphatic hydroxyl groups is 1. The van der Waals surface area contributed by atoms with Gasteiger partial charge in [0.25, 0.3) is 0 Å². The molecule has 1 rings (SSSR count). The van der Waals surface area contributed by atoms with Crippen molar-refractivity contribution in [3.8, 4) is 0 Å². The van der Waals surface area contributed by atoms with E-state index < -0.39 is 5.97 Å². The summed E-state index contributed by atoms with van der Waals surface area (Å²) in [5, 5.41) is 12.4. The lowest BCUT2D eigenvalue weighted by atomic mass is 9.85. The molecule has 1 heterocycles. The van der Waals surface area contributed by atoms with Gasteiger partial charge in [-0.05, 0) is 24.0 Å². The van der Waals surface area contributed by atoms with Crippen LogP contribution in [0.25, 0.3) is 0 Å². The van der Waals surface area contributed by atoms with Gasteiger partial charge >= 0.3 is 5.97 Å². The Labute approximate surface area is 114 Å². The van der Waals surface area contributed by atoms with Gasteiger partial charge in [-0.15, -0.1) is 0 Å². The van der Waals surface area contributed by atoms with Crippen LogP contribution in [0.5, 0.6) is 0 Å². The van der Waals surface area contributed by atoms with Gasteiger partial charge in [0.05, 0.1) is 7.11 Å². The molecule has 106 valence electrons. The highest BCUT2D eigenvalue weighted by molar-refractivity contribution is 5.94. The highest BCUT2D eigenvalue weighted by Gasteiger charge is 2.26. The minimum Gasteiger partial charge on any atom is -0.465 e. The van der Waals surface area contributed by atoms with E-state index in [1.165, 1.54) is 7.11 Å². The molecule has 0 bridgehead atoms. The van der Waals surface area contributed by atoms with Gasteiger partial charge in [0.15, 0.2) is 0 Å². The van der Waals surface area contributed by atoms with Gasteiger partial charge in [-0.1, -0.05) is 20.8 Å². The summed E-state index contributed by atoms with van der Waals surface area (Å²) in [5.41, 5.74) is 0.338. The summed E-state index contributed by atoms with van der Waals surface area (Å²) in [6.45, 7) is 6.29. The Morgan fingerprint density at radius 3 is 2.74 bits per heavy atom. The number of hydrogen-bond donors (Lipinski definition) is 2. The fourth-order valence-electron chi connectivity index (χ4n) is 1.81. The van der Waals surface area contributed by atoms with E-state index in [2.05, 4.69) is 31.1 Å². The Kier molecular flexibility index (Phi) is 5.30. The SMILES string of the molecule is COC(=O)c1cccnc1NC(CCO)C(C)(C)C. The molecule has 0 aromatic carbocycles. The van der Waals surface area contributed by atoms with Crippen LogP contribution in [0.1, 0.15) is 37.6 Å². The van der Waals surface area contributed by atoms with Gasteiger partial charge in [-0.25, -0.2) is 9.78 Å². The number of rotatable bonds is 5. The van der Waals surface area contributed by atoms with Crippen LogP contribution in [0.3, 0.4) is 0 Å². The maximum Gasteiger partial charge on any atom is 0.341 e. The number of nitrogens with one attached hydrogen (secondary N) is 1. The highest BCUT2D eigenvalue weighted by Crippen LogP contribution is 2.26. The quantitative estimate of drug-likeness (QED) is 0.798. The predicted octanol–water partition coefficient (Wildman–Crippen LogP) is 2.08. The summed E-state index contributed by atoms with van der Waals surface area (Å²) in [4.78, 5) is 15.9. The Morgan fingerprint density at radius 2 is 2.21 bits per heavy atom. The molecule has 1 aromatic heterocycles. The number of anilines is 1. The van der Waals surface area contributed by atoms with Crippen molar-refractivity contribution in [1.82, 2.24) is 4.98 Å². The van der Waals surface area contributed by atoms with Crippen LogP contribution >= 0.6 is 0 Å². The molecule has 2 N–H and O–H groups in total. The number of methoxy groups -OCH3 is 1. The maximum atomic E-state index is 11.7. The number of aromatic nitrogens is 1. The second kappa shape index (κ2) is 6.52. The lowest BCUT2D eigenvalue weighted by Gasteiger charge is -2.32. The fourth-order valence-corrected chi connectivity index (χ4v) is 1.81. The van der Waals surface area contributed by atoms with E-state index in [9.17, 15) is 4.79 Å². The van der Waals surface area contributed by atoms with Crippen molar-refractivity contribution in [2.75, 3.05) is 19.0 Å². The highest BCUT2D eigenvalue weighted by atomic mass is 16.5. The first kappa shape index (κ1) is 15.4. The molecule has 0 spiro atoms. The van der Waals surface area contributed by atoms with E-state index in [1.807, 2.05) is 0 Å². The first-order valence-corrected chi connectivity index (χ1v) is 6.31. The summed E-state index contributed by atoms with van der Waals surface area (Å²) < 4.78 is 4.74. The van der Waals surface area contributed by atoms with Gasteiger partial charge < -0.3 is 15.2 Å². The third-order valence-electron chi connectivity index (χ3n) is 2.99. The predicted molar refractivity (Wildman–Crippen MR) is 74.1 cm³/mol. The largest absolute Gasteiger partial charge is 0.465 e. The van der Waals surface area contributed by atoms with E-state index >= 15 is 0 Å².